The van der Waals surface area contributed by atoms with E-state index in [2.05, 4.69) is 15.5 Å². The molecule has 2 amide bonds. The molecule has 1 aromatic heterocycles. The van der Waals surface area contributed by atoms with Gasteiger partial charge in [-0.05, 0) is 36.8 Å². The van der Waals surface area contributed by atoms with Crippen LogP contribution in [0.5, 0.6) is 0 Å². The molecule has 1 N–H and O–H groups in total. The second-order valence-electron chi connectivity index (χ2n) is 6.60. The molecule has 1 unspecified atom stereocenters. The van der Waals surface area contributed by atoms with Crippen LogP contribution in [0, 0.1) is 6.92 Å². The van der Waals surface area contributed by atoms with Gasteiger partial charge in [0.25, 0.3) is 5.91 Å². The molecule has 0 aliphatic carbocycles. The van der Waals surface area contributed by atoms with Crippen molar-refractivity contribution in [1.82, 2.24) is 10.2 Å². The number of aryl methyl sites for hydroxylation is 1. The fraction of sp³-hybridized carbons (Fsp3) is 0.200. The minimum Gasteiger partial charge on any atom is -0.312 e. The number of nitrogens with one attached hydrogen (secondary N) is 1. The summed E-state index contributed by atoms with van der Waals surface area (Å²) in [6, 6.07) is 14.5. The number of nitrogens with zero attached hydrogens (tertiary/aromatic N) is 3. The van der Waals surface area contributed by atoms with Gasteiger partial charge in [-0.3, -0.25) is 14.9 Å². The smallest absolute Gasteiger partial charge is 0.257 e. The lowest BCUT2D eigenvalue weighted by Crippen LogP contribution is -2.24. The number of anilines is 2. The van der Waals surface area contributed by atoms with Gasteiger partial charge in [-0.2, -0.15) is 0 Å². The second-order valence-corrected chi connectivity index (χ2v) is 8.02. The molecule has 2 heterocycles. The first-order valence-electron chi connectivity index (χ1n) is 8.77. The third-order valence-electron chi connectivity index (χ3n) is 4.64. The van der Waals surface area contributed by atoms with Gasteiger partial charge in [0.05, 0.1) is 0 Å². The zero-order valence-electron chi connectivity index (χ0n) is 15.1. The number of amides is 2. The van der Waals surface area contributed by atoms with Gasteiger partial charge in [-0.1, -0.05) is 47.2 Å². The largest absolute Gasteiger partial charge is 0.312 e. The minimum absolute atomic E-state index is 0.0231. The zero-order chi connectivity index (χ0) is 19.7. The van der Waals surface area contributed by atoms with Crippen LogP contribution >= 0.6 is 22.9 Å². The molecule has 1 fully saturated rings. The average Bonchev–Trinajstić information content (AvgIpc) is 3.31. The van der Waals surface area contributed by atoms with Gasteiger partial charge in [0.2, 0.25) is 11.0 Å². The Hall–Kier alpha value is -2.77. The highest BCUT2D eigenvalue weighted by molar-refractivity contribution is 7.15. The molecule has 1 aliphatic heterocycles. The van der Waals surface area contributed by atoms with E-state index < -0.39 is 0 Å². The van der Waals surface area contributed by atoms with Crippen LogP contribution in [0.1, 0.15) is 33.3 Å². The van der Waals surface area contributed by atoms with E-state index >= 15 is 0 Å². The first-order chi connectivity index (χ1) is 13.5. The van der Waals surface area contributed by atoms with E-state index in [1.54, 1.807) is 29.2 Å². The summed E-state index contributed by atoms with van der Waals surface area (Å²) in [5, 5.41) is 12.8. The quantitative estimate of drug-likeness (QED) is 0.694. The van der Waals surface area contributed by atoms with Crippen molar-refractivity contribution in [2.45, 2.75) is 19.3 Å². The summed E-state index contributed by atoms with van der Waals surface area (Å²) in [4.78, 5) is 26.5. The van der Waals surface area contributed by atoms with Gasteiger partial charge in [0.15, 0.2) is 0 Å². The Labute approximate surface area is 171 Å². The molecule has 4 rings (SSSR count). The van der Waals surface area contributed by atoms with Gasteiger partial charge < -0.3 is 4.90 Å². The van der Waals surface area contributed by atoms with Crippen molar-refractivity contribution in [2.24, 2.45) is 0 Å². The Kier molecular flexibility index (Phi) is 5.11. The highest BCUT2D eigenvalue weighted by Crippen LogP contribution is 2.35. The lowest BCUT2D eigenvalue weighted by Gasteiger charge is -2.17. The molecule has 142 valence electrons. The van der Waals surface area contributed by atoms with Crippen LogP contribution in [0.3, 0.4) is 0 Å². The predicted octanol–water partition coefficient (Wildman–Crippen LogP) is 4.27. The van der Waals surface area contributed by atoms with Gasteiger partial charge in [0.1, 0.15) is 5.01 Å². The molecule has 8 heteroatoms. The zero-order valence-corrected chi connectivity index (χ0v) is 16.6. The van der Waals surface area contributed by atoms with E-state index in [9.17, 15) is 9.59 Å². The Morgan fingerprint density at radius 1 is 1.21 bits per heavy atom. The molecule has 3 aromatic rings. The van der Waals surface area contributed by atoms with E-state index in [0.29, 0.717) is 28.7 Å². The topological polar surface area (TPSA) is 75.2 Å². The average molecular weight is 413 g/mol. The van der Waals surface area contributed by atoms with E-state index in [1.807, 2.05) is 31.2 Å². The van der Waals surface area contributed by atoms with Crippen molar-refractivity contribution < 1.29 is 9.59 Å². The van der Waals surface area contributed by atoms with E-state index in [0.717, 1.165) is 16.3 Å². The molecular weight excluding hydrogens is 396 g/mol. The van der Waals surface area contributed by atoms with Crippen molar-refractivity contribution in [3.63, 3.8) is 0 Å². The maximum absolute atomic E-state index is 12.5. The van der Waals surface area contributed by atoms with E-state index in [1.165, 1.54) is 11.3 Å². The van der Waals surface area contributed by atoms with Gasteiger partial charge in [-0.25, -0.2) is 0 Å². The van der Waals surface area contributed by atoms with E-state index in [4.69, 9.17) is 11.6 Å². The maximum Gasteiger partial charge on any atom is 0.257 e. The number of carbonyl (C=O) groups is 2. The van der Waals surface area contributed by atoms with Crippen molar-refractivity contribution in [1.29, 1.82) is 0 Å². The van der Waals surface area contributed by atoms with Crippen molar-refractivity contribution in [3.8, 4) is 0 Å². The standard InChI is InChI=1S/C20H17ClN4O2S/c1-12-7-8-15(10-16(12)21)25-11-14(9-17(25)26)19-23-24-20(28-19)22-18(27)13-5-3-2-4-6-13/h2-8,10,14H,9,11H2,1H3,(H,22,24,27). The van der Waals surface area contributed by atoms with E-state index in [-0.39, 0.29) is 17.7 Å². The Morgan fingerprint density at radius 2 is 2.00 bits per heavy atom. The molecule has 1 saturated heterocycles. The summed E-state index contributed by atoms with van der Waals surface area (Å²) < 4.78 is 0. The molecule has 0 spiro atoms. The fourth-order valence-electron chi connectivity index (χ4n) is 3.08. The molecule has 0 saturated carbocycles. The van der Waals surface area contributed by atoms with Crippen LogP contribution in [0.2, 0.25) is 5.02 Å². The summed E-state index contributed by atoms with van der Waals surface area (Å²) in [6.07, 6.45) is 0.354. The van der Waals surface area contributed by atoms with Crippen LogP contribution < -0.4 is 10.2 Å². The number of aromatic nitrogens is 2. The molecule has 0 bridgehead atoms. The number of carbonyl (C=O) groups excluding carboxylic acids is 2. The first-order valence-corrected chi connectivity index (χ1v) is 9.97. The number of rotatable bonds is 4. The Balaban J connectivity index is 1.46. The number of hydrogen-bond donors (Lipinski definition) is 1. The van der Waals surface area contributed by atoms with Gasteiger partial charge >= 0.3 is 0 Å². The summed E-state index contributed by atoms with van der Waals surface area (Å²) in [5.74, 6) is -0.274. The third-order valence-corrected chi connectivity index (χ3v) is 6.05. The molecular formula is C20H17ClN4O2S. The number of benzene rings is 2. The minimum atomic E-state index is -0.235. The molecule has 1 atom stereocenters. The van der Waals surface area contributed by atoms with Gasteiger partial charge in [-0.15, -0.1) is 10.2 Å². The molecule has 6 nitrogen and oxygen atoms in total. The SMILES string of the molecule is Cc1ccc(N2CC(c3nnc(NC(=O)c4ccccc4)s3)CC2=O)cc1Cl. The lowest BCUT2D eigenvalue weighted by molar-refractivity contribution is -0.117. The summed E-state index contributed by atoms with van der Waals surface area (Å²) in [5.41, 5.74) is 2.31. The summed E-state index contributed by atoms with van der Waals surface area (Å²) >= 11 is 7.50. The summed E-state index contributed by atoms with van der Waals surface area (Å²) in [6.45, 7) is 2.44. The van der Waals surface area contributed by atoms with Crippen LogP contribution in [-0.2, 0) is 4.79 Å². The third kappa shape index (κ3) is 3.76. The maximum atomic E-state index is 12.5. The van der Waals surface area contributed by atoms with Crippen molar-refractivity contribution in [2.75, 3.05) is 16.8 Å². The fourth-order valence-corrected chi connectivity index (χ4v) is 4.09. The Morgan fingerprint density at radius 3 is 2.75 bits per heavy atom. The second kappa shape index (κ2) is 7.69. The van der Waals surface area contributed by atoms with Crippen LogP contribution in [0.25, 0.3) is 0 Å². The van der Waals surface area contributed by atoms with Gasteiger partial charge in [0, 0.05) is 35.2 Å². The molecule has 0 radical (unpaired) electrons. The Bertz CT molecular complexity index is 1040. The predicted molar refractivity (Wildman–Crippen MR) is 110 cm³/mol. The van der Waals surface area contributed by atoms with Crippen LogP contribution in [0.15, 0.2) is 48.5 Å². The molecule has 2 aromatic carbocycles. The van der Waals surface area contributed by atoms with Crippen molar-refractivity contribution in [3.05, 3.63) is 69.7 Å². The molecule has 1 aliphatic rings. The normalized spacial score (nSPS) is 16.4. The number of halogens is 1. The van der Waals surface area contributed by atoms with Crippen LogP contribution in [0.4, 0.5) is 10.8 Å². The molecule has 28 heavy (non-hydrogen) atoms. The number of hydrogen-bond acceptors (Lipinski definition) is 5. The first kappa shape index (κ1) is 18.6. The summed E-state index contributed by atoms with van der Waals surface area (Å²) in [7, 11) is 0. The van der Waals surface area contributed by atoms with Crippen molar-refractivity contribution >= 4 is 45.6 Å². The highest BCUT2D eigenvalue weighted by atomic mass is 35.5. The lowest BCUT2D eigenvalue weighted by atomic mass is 10.1. The van der Waals surface area contributed by atoms with Crippen LogP contribution in [-0.4, -0.2) is 28.6 Å². The highest BCUT2D eigenvalue weighted by Gasteiger charge is 2.34. The monoisotopic (exact) mass is 412 g/mol.